The number of benzene rings is 2. The molecule has 0 spiro atoms. The Labute approximate surface area is 144 Å². The van der Waals surface area contributed by atoms with Crippen LogP contribution in [0.2, 0.25) is 0 Å². The number of rotatable bonds is 8. The van der Waals surface area contributed by atoms with Gasteiger partial charge in [0.25, 0.3) is 0 Å². The van der Waals surface area contributed by atoms with Gasteiger partial charge in [-0.05, 0) is 17.7 Å². The molecule has 0 heterocycles. The van der Waals surface area contributed by atoms with E-state index in [1.165, 1.54) is 6.07 Å². The molecule has 0 aromatic heterocycles. The number of carbonyl (C=O) groups is 2. The highest BCUT2D eigenvalue weighted by molar-refractivity contribution is 5.80. The van der Waals surface area contributed by atoms with Gasteiger partial charge in [0.1, 0.15) is 11.8 Å². The number of amides is 1. The lowest BCUT2D eigenvalue weighted by atomic mass is 10.1. The molecule has 8 nitrogen and oxygen atoms in total. The largest absolute Gasteiger partial charge is 0.425 e. The number of hydrogen-bond donors (Lipinski definition) is 4. The Bertz CT molecular complexity index is 745. The summed E-state index contributed by atoms with van der Waals surface area (Å²) in [6.07, 6.45) is 0.790. The molecule has 0 fully saturated rings. The van der Waals surface area contributed by atoms with Gasteiger partial charge in [-0.15, -0.1) is 0 Å². The van der Waals surface area contributed by atoms with Crippen LogP contribution in [0, 0.1) is 0 Å². The van der Waals surface area contributed by atoms with Crippen LogP contribution in [0.3, 0.4) is 0 Å². The Hall–Kier alpha value is -3.39. The van der Waals surface area contributed by atoms with Gasteiger partial charge in [-0.2, -0.15) is 0 Å². The van der Waals surface area contributed by atoms with Crippen LogP contribution in [0.25, 0.3) is 0 Å². The van der Waals surface area contributed by atoms with E-state index in [9.17, 15) is 9.59 Å². The Morgan fingerprint density at radius 1 is 1.16 bits per heavy atom. The summed E-state index contributed by atoms with van der Waals surface area (Å²) in [5.74, 6) is -0.360. The second-order valence-electron chi connectivity index (χ2n) is 5.10. The van der Waals surface area contributed by atoms with Gasteiger partial charge in [0, 0.05) is 12.5 Å². The maximum Gasteiger partial charge on any atom is 0.330 e. The fourth-order valence-electron chi connectivity index (χ4n) is 2.13. The molecule has 0 bridgehead atoms. The minimum absolute atomic E-state index is 0.0951. The number of ether oxygens (including phenoxy) is 1. The van der Waals surface area contributed by atoms with Crippen LogP contribution in [0.15, 0.2) is 59.6 Å². The SMILES string of the molecule is NC(N)=Nc1cccc(OC(=O)[C@H](Cc2ccccc2)NNC=O)c1. The number of guanidine groups is 1. The van der Waals surface area contributed by atoms with Crippen LogP contribution in [0.5, 0.6) is 5.75 Å². The second-order valence-corrected chi connectivity index (χ2v) is 5.10. The van der Waals surface area contributed by atoms with Gasteiger partial charge in [0.15, 0.2) is 5.96 Å². The van der Waals surface area contributed by atoms with Crippen molar-refractivity contribution >= 4 is 24.0 Å². The van der Waals surface area contributed by atoms with Gasteiger partial charge in [-0.3, -0.25) is 10.2 Å². The predicted octanol–water partition coefficient (Wildman–Crippen LogP) is 0.359. The van der Waals surface area contributed by atoms with Crippen molar-refractivity contribution in [3.05, 3.63) is 60.2 Å². The summed E-state index contributed by atoms with van der Waals surface area (Å²) >= 11 is 0. The van der Waals surface area contributed by atoms with E-state index in [0.717, 1.165) is 5.56 Å². The molecular formula is C17H19N5O3. The van der Waals surface area contributed by atoms with Crippen LogP contribution < -0.4 is 27.1 Å². The summed E-state index contributed by atoms with van der Waals surface area (Å²) < 4.78 is 5.36. The summed E-state index contributed by atoms with van der Waals surface area (Å²) in [7, 11) is 0. The number of hydrazine groups is 1. The van der Waals surface area contributed by atoms with E-state index in [1.54, 1.807) is 18.2 Å². The molecule has 2 aromatic rings. The number of aliphatic imine (C=N–C) groups is 1. The lowest BCUT2D eigenvalue weighted by molar-refractivity contribution is -0.137. The summed E-state index contributed by atoms with van der Waals surface area (Å²) in [6.45, 7) is 0. The highest BCUT2D eigenvalue weighted by Crippen LogP contribution is 2.20. The zero-order chi connectivity index (χ0) is 18.1. The lowest BCUT2D eigenvalue weighted by Crippen LogP contribution is -2.47. The number of nitrogens with zero attached hydrogens (tertiary/aromatic N) is 1. The average molecular weight is 341 g/mol. The summed E-state index contributed by atoms with van der Waals surface area (Å²) in [5, 5.41) is 0. The molecule has 1 amide bonds. The highest BCUT2D eigenvalue weighted by Gasteiger charge is 2.21. The Balaban J connectivity index is 2.10. The molecule has 0 aliphatic carbocycles. The quantitative estimate of drug-likeness (QED) is 0.137. The van der Waals surface area contributed by atoms with Gasteiger partial charge in [0.05, 0.1) is 5.69 Å². The number of hydrogen-bond acceptors (Lipinski definition) is 5. The molecule has 0 unspecified atom stereocenters. The Kier molecular flexibility index (Phi) is 6.49. The minimum atomic E-state index is -0.765. The first-order valence-electron chi connectivity index (χ1n) is 7.48. The molecule has 0 aliphatic rings. The molecule has 1 atom stereocenters. The molecule has 0 radical (unpaired) electrons. The molecule has 2 rings (SSSR count). The Morgan fingerprint density at radius 2 is 1.92 bits per heavy atom. The molecule has 2 aromatic carbocycles. The number of nitrogens with one attached hydrogen (secondary N) is 2. The monoisotopic (exact) mass is 341 g/mol. The normalized spacial score (nSPS) is 11.2. The molecule has 0 saturated heterocycles. The first-order chi connectivity index (χ1) is 12.1. The minimum Gasteiger partial charge on any atom is -0.425 e. The molecular weight excluding hydrogens is 322 g/mol. The van der Waals surface area contributed by atoms with Crippen molar-refractivity contribution in [3.63, 3.8) is 0 Å². The average Bonchev–Trinajstić information content (AvgIpc) is 2.59. The number of nitrogens with two attached hydrogens (primary N) is 2. The van der Waals surface area contributed by atoms with Crippen molar-refractivity contribution in [1.82, 2.24) is 10.9 Å². The summed E-state index contributed by atoms with van der Waals surface area (Å²) in [4.78, 5) is 26.9. The standard InChI is InChI=1S/C17H19N5O3/c18-17(19)21-13-7-4-8-14(10-13)25-16(24)15(22-20-11-23)9-12-5-2-1-3-6-12/h1-8,10-11,15,22H,9H2,(H,20,23)(H4,18,19,21)/t15-/m0/s1. The molecule has 8 heteroatoms. The highest BCUT2D eigenvalue weighted by atomic mass is 16.5. The van der Waals surface area contributed by atoms with Crippen LogP contribution in [0.4, 0.5) is 5.69 Å². The van der Waals surface area contributed by atoms with E-state index >= 15 is 0 Å². The predicted molar refractivity (Wildman–Crippen MR) is 93.8 cm³/mol. The third-order valence-corrected chi connectivity index (χ3v) is 3.18. The first-order valence-corrected chi connectivity index (χ1v) is 7.48. The van der Waals surface area contributed by atoms with Gasteiger partial charge in [-0.25, -0.2) is 15.2 Å². The third-order valence-electron chi connectivity index (χ3n) is 3.18. The molecule has 130 valence electrons. The first kappa shape index (κ1) is 18.0. The maximum absolute atomic E-state index is 12.4. The van der Waals surface area contributed by atoms with E-state index in [2.05, 4.69) is 15.8 Å². The van der Waals surface area contributed by atoms with Crippen LogP contribution in [-0.4, -0.2) is 24.4 Å². The van der Waals surface area contributed by atoms with E-state index < -0.39 is 12.0 Å². The van der Waals surface area contributed by atoms with E-state index in [0.29, 0.717) is 24.3 Å². The molecule has 0 saturated carbocycles. The van der Waals surface area contributed by atoms with E-state index in [-0.39, 0.29) is 5.96 Å². The van der Waals surface area contributed by atoms with Crippen molar-refractivity contribution in [2.75, 3.05) is 0 Å². The van der Waals surface area contributed by atoms with Gasteiger partial charge < -0.3 is 16.2 Å². The summed E-state index contributed by atoms with van der Waals surface area (Å²) in [6, 6.07) is 15.1. The van der Waals surface area contributed by atoms with Gasteiger partial charge >= 0.3 is 5.97 Å². The van der Waals surface area contributed by atoms with Crippen molar-refractivity contribution in [2.24, 2.45) is 16.5 Å². The zero-order valence-electron chi connectivity index (χ0n) is 13.4. The van der Waals surface area contributed by atoms with Crippen molar-refractivity contribution in [1.29, 1.82) is 0 Å². The lowest BCUT2D eigenvalue weighted by Gasteiger charge is -2.17. The van der Waals surface area contributed by atoms with Crippen molar-refractivity contribution in [2.45, 2.75) is 12.5 Å². The van der Waals surface area contributed by atoms with Crippen LogP contribution in [0.1, 0.15) is 5.56 Å². The molecule has 0 aliphatic heterocycles. The number of carbonyl (C=O) groups excluding carboxylic acids is 2. The maximum atomic E-state index is 12.4. The van der Waals surface area contributed by atoms with Gasteiger partial charge in [-0.1, -0.05) is 36.4 Å². The van der Waals surface area contributed by atoms with Crippen molar-refractivity contribution < 1.29 is 14.3 Å². The zero-order valence-corrected chi connectivity index (χ0v) is 13.4. The van der Waals surface area contributed by atoms with Crippen molar-refractivity contribution in [3.8, 4) is 5.75 Å². The van der Waals surface area contributed by atoms with Gasteiger partial charge in [0.2, 0.25) is 6.41 Å². The molecule has 25 heavy (non-hydrogen) atoms. The van der Waals surface area contributed by atoms with Crippen LogP contribution in [-0.2, 0) is 16.0 Å². The summed E-state index contributed by atoms with van der Waals surface area (Å²) in [5.41, 5.74) is 17.0. The second kappa shape index (κ2) is 9.04. The topological polar surface area (TPSA) is 132 Å². The fourth-order valence-corrected chi connectivity index (χ4v) is 2.13. The fraction of sp³-hybridized carbons (Fsp3) is 0.118. The Morgan fingerprint density at radius 3 is 2.60 bits per heavy atom. The van der Waals surface area contributed by atoms with Crippen LogP contribution >= 0.6 is 0 Å². The van der Waals surface area contributed by atoms with E-state index in [4.69, 9.17) is 16.2 Å². The third kappa shape index (κ3) is 5.96. The smallest absolute Gasteiger partial charge is 0.330 e. The molecule has 6 N–H and O–H groups in total. The number of esters is 1. The van der Waals surface area contributed by atoms with E-state index in [1.807, 2.05) is 30.3 Å².